The van der Waals surface area contributed by atoms with Gasteiger partial charge in [-0.2, -0.15) is 0 Å². The van der Waals surface area contributed by atoms with E-state index in [-0.39, 0.29) is 17.5 Å². The van der Waals surface area contributed by atoms with Crippen molar-refractivity contribution in [1.29, 1.82) is 0 Å². The highest BCUT2D eigenvalue weighted by Gasteiger charge is 2.28. The molecule has 11 heteroatoms. The molecule has 2 aromatic carbocycles. The molecule has 0 saturated carbocycles. The summed E-state index contributed by atoms with van der Waals surface area (Å²) < 4.78 is 15.4. The molecule has 1 fully saturated rings. The summed E-state index contributed by atoms with van der Waals surface area (Å²) in [6.07, 6.45) is 5.78. The van der Waals surface area contributed by atoms with Crippen molar-refractivity contribution in [2.24, 2.45) is 0 Å². The summed E-state index contributed by atoms with van der Waals surface area (Å²) in [6.45, 7) is 5.87. The molecule has 0 spiro atoms. The summed E-state index contributed by atoms with van der Waals surface area (Å²) in [7, 11) is 2.05. The molecule has 1 saturated heterocycles. The van der Waals surface area contributed by atoms with Crippen LogP contribution in [0.3, 0.4) is 0 Å². The maximum atomic E-state index is 13.7. The van der Waals surface area contributed by atoms with Crippen LogP contribution >= 0.6 is 0 Å². The van der Waals surface area contributed by atoms with E-state index in [1.807, 2.05) is 56.3 Å². The average Bonchev–Trinajstić information content (AvgIpc) is 3.49. The summed E-state index contributed by atoms with van der Waals surface area (Å²) in [5.41, 5.74) is 9.66. The van der Waals surface area contributed by atoms with Gasteiger partial charge in [0.2, 0.25) is 0 Å². The Kier molecular flexibility index (Phi) is 6.64. The van der Waals surface area contributed by atoms with E-state index in [2.05, 4.69) is 31.9 Å². The SMILES string of the molecule is Cc1cc(OCc2cnc(C)nc2)cc(Oc2ccc(-n3c(=O)n([C@@H]4CCN(C)C4)c4ncnc(N)c43)cc2)c1. The van der Waals surface area contributed by atoms with Crippen LogP contribution in [0.5, 0.6) is 17.2 Å². The van der Waals surface area contributed by atoms with E-state index in [0.717, 1.165) is 36.5 Å². The van der Waals surface area contributed by atoms with Crippen molar-refractivity contribution in [3.05, 3.63) is 88.6 Å². The van der Waals surface area contributed by atoms with Crippen molar-refractivity contribution in [2.75, 3.05) is 25.9 Å². The molecule has 204 valence electrons. The summed E-state index contributed by atoms with van der Waals surface area (Å²) in [4.78, 5) is 32.9. The van der Waals surface area contributed by atoms with Gasteiger partial charge in [-0.15, -0.1) is 0 Å². The van der Waals surface area contributed by atoms with Crippen LogP contribution in [0.2, 0.25) is 0 Å². The number of ether oxygens (including phenoxy) is 2. The number of anilines is 1. The molecule has 6 rings (SSSR count). The van der Waals surface area contributed by atoms with Crippen molar-refractivity contribution < 1.29 is 9.47 Å². The van der Waals surface area contributed by atoms with E-state index in [1.165, 1.54) is 6.33 Å². The molecule has 0 bridgehead atoms. The lowest BCUT2D eigenvalue weighted by molar-refractivity contribution is 0.303. The third kappa shape index (κ3) is 4.98. The summed E-state index contributed by atoms with van der Waals surface area (Å²) in [5.74, 6) is 2.91. The molecule has 11 nitrogen and oxygen atoms in total. The highest BCUT2D eigenvalue weighted by molar-refractivity contribution is 5.84. The molecule has 4 heterocycles. The molecule has 2 N–H and O–H groups in total. The van der Waals surface area contributed by atoms with E-state index in [1.54, 1.807) is 21.5 Å². The standard InChI is InChI=1S/C29H30N8O3/c1-18-10-24(39-16-20-13-31-19(2)32-14-20)12-25(11-18)40-23-6-4-21(5-7-23)36-26-27(30)33-17-34-28(26)37(29(36)38)22-8-9-35(3)15-22/h4-7,10-14,17,22H,8-9,15-16H2,1-3H3,(H2,30,33,34)/t22-/m1/s1. The number of aryl methyl sites for hydroxylation is 2. The molecule has 3 aromatic heterocycles. The summed E-state index contributed by atoms with van der Waals surface area (Å²) in [5, 5.41) is 0. The number of likely N-dealkylation sites (tertiary alicyclic amines) is 1. The number of nitrogens with two attached hydrogens (primary N) is 1. The summed E-state index contributed by atoms with van der Waals surface area (Å²) in [6, 6.07) is 13.0. The minimum absolute atomic E-state index is 0.0226. The van der Waals surface area contributed by atoms with E-state index in [9.17, 15) is 4.79 Å². The Morgan fingerprint density at radius 1 is 0.975 bits per heavy atom. The largest absolute Gasteiger partial charge is 0.489 e. The third-order valence-electron chi connectivity index (χ3n) is 7.01. The number of benzene rings is 2. The topological polar surface area (TPSA) is 126 Å². The number of fused-ring (bicyclic) bond motifs is 1. The number of nitrogens with zero attached hydrogens (tertiary/aromatic N) is 7. The first-order chi connectivity index (χ1) is 19.4. The highest BCUT2D eigenvalue weighted by atomic mass is 16.5. The van der Waals surface area contributed by atoms with Gasteiger partial charge in [-0.05, 0) is 75.8 Å². The van der Waals surface area contributed by atoms with Crippen LogP contribution in [0.4, 0.5) is 5.82 Å². The smallest absolute Gasteiger partial charge is 0.335 e. The second-order valence-corrected chi connectivity index (χ2v) is 10.1. The van der Waals surface area contributed by atoms with Crippen LogP contribution < -0.4 is 20.9 Å². The average molecular weight is 539 g/mol. The first-order valence-corrected chi connectivity index (χ1v) is 13.1. The van der Waals surface area contributed by atoms with Gasteiger partial charge in [-0.3, -0.25) is 9.13 Å². The zero-order valence-electron chi connectivity index (χ0n) is 22.6. The molecule has 40 heavy (non-hydrogen) atoms. The van der Waals surface area contributed by atoms with Gasteiger partial charge < -0.3 is 20.1 Å². The monoisotopic (exact) mass is 538 g/mol. The van der Waals surface area contributed by atoms with Crippen molar-refractivity contribution in [3.8, 4) is 22.9 Å². The Balaban J connectivity index is 1.26. The van der Waals surface area contributed by atoms with E-state index in [4.69, 9.17) is 15.2 Å². The Morgan fingerprint density at radius 3 is 2.45 bits per heavy atom. The van der Waals surface area contributed by atoms with Crippen LogP contribution in [0.25, 0.3) is 16.9 Å². The lowest BCUT2D eigenvalue weighted by atomic mass is 10.2. The second kappa shape index (κ2) is 10.4. The fourth-order valence-corrected chi connectivity index (χ4v) is 5.07. The predicted molar refractivity (Wildman–Crippen MR) is 151 cm³/mol. The van der Waals surface area contributed by atoms with E-state index in [0.29, 0.717) is 40.7 Å². The van der Waals surface area contributed by atoms with Crippen LogP contribution in [0, 0.1) is 13.8 Å². The Morgan fingerprint density at radius 2 is 1.73 bits per heavy atom. The van der Waals surface area contributed by atoms with Crippen LogP contribution in [0.1, 0.15) is 29.4 Å². The van der Waals surface area contributed by atoms with E-state index < -0.39 is 0 Å². The molecule has 0 unspecified atom stereocenters. The van der Waals surface area contributed by atoms with Gasteiger partial charge in [0.15, 0.2) is 11.5 Å². The molecule has 0 radical (unpaired) electrons. The van der Waals surface area contributed by atoms with Gasteiger partial charge in [0.05, 0.1) is 11.7 Å². The number of imidazole rings is 1. The molecule has 0 amide bonds. The molecular formula is C29H30N8O3. The lowest BCUT2D eigenvalue weighted by Crippen LogP contribution is -2.28. The lowest BCUT2D eigenvalue weighted by Gasteiger charge is -2.12. The molecule has 5 aromatic rings. The van der Waals surface area contributed by atoms with Crippen molar-refractivity contribution >= 4 is 17.0 Å². The number of likely N-dealkylation sites (N-methyl/N-ethyl adjacent to an activating group) is 1. The van der Waals surface area contributed by atoms with Gasteiger partial charge in [0.1, 0.15) is 41.5 Å². The van der Waals surface area contributed by atoms with Crippen LogP contribution in [-0.4, -0.2) is 54.1 Å². The van der Waals surface area contributed by atoms with Gasteiger partial charge >= 0.3 is 5.69 Å². The van der Waals surface area contributed by atoms with Crippen molar-refractivity contribution in [1.82, 2.24) is 34.0 Å². The van der Waals surface area contributed by atoms with Gasteiger partial charge in [-0.25, -0.2) is 24.7 Å². The maximum Gasteiger partial charge on any atom is 0.335 e. The highest BCUT2D eigenvalue weighted by Crippen LogP contribution is 2.30. The first-order valence-electron chi connectivity index (χ1n) is 13.1. The minimum atomic E-state index is -0.185. The Hall–Kier alpha value is -4.77. The molecule has 0 aliphatic carbocycles. The van der Waals surface area contributed by atoms with Gasteiger partial charge in [-0.1, -0.05) is 0 Å². The van der Waals surface area contributed by atoms with Crippen LogP contribution in [-0.2, 0) is 6.61 Å². The van der Waals surface area contributed by atoms with Crippen molar-refractivity contribution in [2.45, 2.75) is 32.9 Å². The molecular weight excluding hydrogens is 508 g/mol. The van der Waals surface area contributed by atoms with Crippen LogP contribution in [0.15, 0.2) is 66.0 Å². The minimum Gasteiger partial charge on any atom is -0.489 e. The number of aromatic nitrogens is 6. The quantitative estimate of drug-likeness (QED) is 0.329. The number of hydrogen-bond donors (Lipinski definition) is 1. The zero-order chi connectivity index (χ0) is 27.8. The zero-order valence-corrected chi connectivity index (χ0v) is 22.6. The Bertz CT molecular complexity index is 1730. The molecule has 1 atom stereocenters. The normalized spacial score (nSPS) is 15.5. The first kappa shape index (κ1) is 25.5. The number of rotatable bonds is 7. The maximum absolute atomic E-state index is 13.7. The fourth-order valence-electron chi connectivity index (χ4n) is 5.07. The van der Waals surface area contributed by atoms with E-state index >= 15 is 0 Å². The number of hydrogen-bond acceptors (Lipinski definition) is 9. The van der Waals surface area contributed by atoms with Gasteiger partial charge in [0.25, 0.3) is 0 Å². The third-order valence-corrected chi connectivity index (χ3v) is 7.01. The predicted octanol–water partition coefficient (Wildman–Crippen LogP) is 3.82. The molecule has 1 aliphatic rings. The molecule has 1 aliphatic heterocycles. The Labute approximate surface area is 230 Å². The fraction of sp³-hybridized carbons (Fsp3) is 0.276. The summed E-state index contributed by atoms with van der Waals surface area (Å²) >= 11 is 0. The van der Waals surface area contributed by atoms with Gasteiger partial charge in [0, 0.05) is 30.6 Å². The van der Waals surface area contributed by atoms with Crippen molar-refractivity contribution in [3.63, 3.8) is 0 Å². The second-order valence-electron chi connectivity index (χ2n) is 10.1. The number of nitrogen functional groups attached to an aromatic ring is 1.